The summed E-state index contributed by atoms with van der Waals surface area (Å²) < 4.78 is 0. The molecule has 0 aromatic carbocycles. The number of imide groups is 1. The molecule has 0 spiro atoms. The number of amides is 2. The highest BCUT2D eigenvalue weighted by atomic mass is 16.2. The Morgan fingerprint density at radius 2 is 2.09 bits per heavy atom. The fourth-order valence-electron chi connectivity index (χ4n) is 1.14. The fraction of sp³-hybridized carbons (Fsp3) is 0.750. The van der Waals surface area contributed by atoms with Crippen LogP contribution in [-0.4, -0.2) is 23.3 Å². The lowest BCUT2D eigenvalue weighted by Crippen LogP contribution is -2.38. The maximum Gasteiger partial charge on any atom is 0.229 e. The third kappa shape index (κ3) is 2.33. The van der Waals surface area contributed by atoms with Crippen molar-refractivity contribution in [3.63, 3.8) is 0 Å². The number of hydrogen-bond donors (Lipinski definition) is 0. The van der Waals surface area contributed by atoms with Crippen LogP contribution in [0.4, 0.5) is 0 Å². The fourth-order valence-corrected chi connectivity index (χ4v) is 1.14. The number of piperidine rings is 1. The summed E-state index contributed by atoms with van der Waals surface area (Å²) in [4.78, 5) is 23.0. The molecule has 0 atom stereocenters. The Balaban J connectivity index is 0.000001000. The molecule has 0 radical (unpaired) electrons. The smallest absolute Gasteiger partial charge is 0.229 e. The van der Waals surface area contributed by atoms with E-state index in [1.165, 1.54) is 11.8 Å². The van der Waals surface area contributed by atoms with Gasteiger partial charge in [-0.2, -0.15) is 0 Å². The largest absolute Gasteiger partial charge is 0.283 e. The van der Waals surface area contributed by atoms with E-state index in [9.17, 15) is 9.59 Å². The Labute approximate surface area is 67.4 Å². The van der Waals surface area contributed by atoms with E-state index in [2.05, 4.69) is 0 Å². The van der Waals surface area contributed by atoms with Gasteiger partial charge in [0.15, 0.2) is 0 Å². The van der Waals surface area contributed by atoms with Crippen LogP contribution in [0, 0.1) is 0 Å². The molecule has 1 heterocycles. The Hall–Kier alpha value is -0.860. The van der Waals surface area contributed by atoms with Crippen LogP contribution in [0.25, 0.3) is 0 Å². The summed E-state index contributed by atoms with van der Waals surface area (Å²) in [6.45, 7) is 2.05. The van der Waals surface area contributed by atoms with Crippen molar-refractivity contribution < 1.29 is 9.59 Å². The van der Waals surface area contributed by atoms with Crippen LogP contribution in [0.3, 0.4) is 0 Å². The summed E-state index contributed by atoms with van der Waals surface area (Å²) in [5.41, 5.74) is 0. The Morgan fingerprint density at radius 3 is 2.45 bits per heavy atom. The molecule has 2 amide bonds. The van der Waals surface area contributed by atoms with Crippen molar-refractivity contribution in [1.29, 1.82) is 0 Å². The van der Waals surface area contributed by atoms with Crippen LogP contribution in [0.5, 0.6) is 0 Å². The highest BCUT2D eigenvalue weighted by Crippen LogP contribution is 2.09. The van der Waals surface area contributed by atoms with Gasteiger partial charge in [0.05, 0.1) is 0 Å². The van der Waals surface area contributed by atoms with Gasteiger partial charge < -0.3 is 0 Å². The van der Waals surface area contributed by atoms with Crippen LogP contribution < -0.4 is 0 Å². The Kier molecular flexibility index (Phi) is 3.79. The maximum atomic E-state index is 10.9. The predicted molar refractivity (Wildman–Crippen MR) is 43.0 cm³/mol. The first-order chi connectivity index (χ1) is 4.72. The van der Waals surface area contributed by atoms with E-state index < -0.39 is 0 Å². The Bertz CT molecular complexity index is 165. The topological polar surface area (TPSA) is 37.4 Å². The zero-order valence-electron chi connectivity index (χ0n) is 6.09. The number of carbonyl (C=O) groups excluding carboxylic acids is 2. The second-order valence-electron chi connectivity index (χ2n) is 2.52. The number of likely N-dealkylation sites (tertiary alicyclic amines) is 1. The van der Waals surface area contributed by atoms with Gasteiger partial charge in [-0.05, 0) is 12.8 Å². The molecule has 0 saturated carbocycles. The zero-order chi connectivity index (χ0) is 7.56. The molecule has 3 nitrogen and oxygen atoms in total. The van der Waals surface area contributed by atoms with Crippen molar-refractivity contribution in [2.75, 3.05) is 6.54 Å². The van der Waals surface area contributed by atoms with Crippen molar-refractivity contribution in [3.05, 3.63) is 0 Å². The minimum atomic E-state index is -0.121. The molecule has 1 aliphatic heterocycles. The van der Waals surface area contributed by atoms with Gasteiger partial charge in [-0.1, -0.05) is 7.43 Å². The molecule has 0 aromatic heterocycles. The van der Waals surface area contributed by atoms with E-state index in [1.807, 2.05) is 0 Å². The molecule has 1 aliphatic rings. The van der Waals surface area contributed by atoms with Crippen LogP contribution in [0.2, 0.25) is 0 Å². The summed E-state index contributed by atoms with van der Waals surface area (Å²) in [6, 6.07) is 0. The van der Waals surface area contributed by atoms with E-state index in [1.54, 1.807) is 0 Å². The highest BCUT2D eigenvalue weighted by Gasteiger charge is 2.20. The molecule has 1 rings (SSSR count). The van der Waals surface area contributed by atoms with E-state index in [-0.39, 0.29) is 19.2 Å². The first-order valence-electron chi connectivity index (χ1n) is 3.53. The van der Waals surface area contributed by atoms with Crippen molar-refractivity contribution in [3.8, 4) is 0 Å². The van der Waals surface area contributed by atoms with Gasteiger partial charge in [0, 0.05) is 19.9 Å². The molecule has 3 heteroatoms. The van der Waals surface area contributed by atoms with Gasteiger partial charge in [-0.15, -0.1) is 0 Å². The minimum Gasteiger partial charge on any atom is -0.283 e. The molecular weight excluding hydrogens is 142 g/mol. The standard InChI is InChI=1S/C7H11NO2.CH4/c1-6(9)8-5-3-2-4-7(8)10;/h2-5H2,1H3;1H4. The maximum absolute atomic E-state index is 10.9. The van der Waals surface area contributed by atoms with Gasteiger partial charge in [-0.25, -0.2) is 0 Å². The molecule has 0 aliphatic carbocycles. The minimum absolute atomic E-state index is 0. The molecule has 0 N–H and O–H groups in total. The number of hydrogen-bond acceptors (Lipinski definition) is 2. The normalized spacial score (nSPS) is 17.5. The first-order valence-corrected chi connectivity index (χ1v) is 3.53. The molecule has 0 aromatic rings. The van der Waals surface area contributed by atoms with Gasteiger partial charge in [0.1, 0.15) is 0 Å². The van der Waals surface area contributed by atoms with Gasteiger partial charge in [0.25, 0.3) is 0 Å². The summed E-state index contributed by atoms with van der Waals surface area (Å²) in [7, 11) is 0. The molecule has 64 valence electrons. The zero-order valence-corrected chi connectivity index (χ0v) is 6.09. The first kappa shape index (κ1) is 10.1. The van der Waals surface area contributed by atoms with Crippen LogP contribution in [0.1, 0.15) is 33.6 Å². The van der Waals surface area contributed by atoms with Crippen molar-refractivity contribution in [2.45, 2.75) is 33.6 Å². The summed E-state index contributed by atoms with van der Waals surface area (Å²) in [5, 5.41) is 0. The average Bonchev–Trinajstić information content (AvgIpc) is 1.88. The number of nitrogens with zero attached hydrogens (tertiary/aromatic N) is 1. The van der Waals surface area contributed by atoms with Gasteiger partial charge in [-0.3, -0.25) is 14.5 Å². The van der Waals surface area contributed by atoms with Crippen molar-refractivity contribution >= 4 is 11.8 Å². The molecule has 11 heavy (non-hydrogen) atoms. The predicted octanol–water partition coefficient (Wildman–Crippen LogP) is 1.18. The molecule has 0 bridgehead atoms. The van der Waals surface area contributed by atoms with Crippen molar-refractivity contribution in [1.82, 2.24) is 4.90 Å². The van der Waals surface area contributed by atoms with Crippen molar-refractivity contribution in [2.24, 2.45) is 0 Å². The van der Waals surface area contributed by atoms with Crippen LogP contribution >= 0.6 is 0 Å². The Morgan fingerprint density at radius 1 is 1.45 bits per heavy atom. The number of rotatable bonds is 0. The average molecular weight is 157 g/mol. The molecule has 1 saturated heterocycles. The van der Waals surface area contributed by atoms with Gasteiger partial charge in [0.2, 0.25) is 11.8 Å². The number of carbonyl (C=O) groups is 2. The second kappa shape index (κ2) is 4.11. The SMILES string of the molecule is C.CC(=O)N1CCCCC1=O. The lowest BCUT2D eigenvalue weighted by atomic mass is 10.1. The summed E-state index contributed by atoms with van der Waals surface area (Å²) in [5.74, 6) is -0.136. The summed E-state index contributed by atoms with van der Waals surface area (Å²) in [6.07, 6.45) is 2.44. The molecule has 1 fully saturated rings. The lowest BCUT2D eigenvalue weighted by molar-refractivity contribution is -0.145. The molecular formula is C8H15NO2. The monoisotopic (exact) mass is 157 g/mol. The highest BCUT2D eigenvalue weighted by molar-refractivity contribution is 5.94. The third-order valence-corrected chi connectivity index (χ3v) is 1.70. The van der Waals surface area contributed by atoms with E-state index in [4.69, 9.17) is 0 Å². The van der Waals surface area contributed by atoms with Crippen LogP contribution in [-0.2, 0) is 9.59 Å². The quantitative estimate of drug-likeness (QED) is 0.529. The molecule has 0 unspecified atom stereocenters. The van der Waals surface area contributed by atoms with Gasteiger partial charge >= 0.3 is 0 Å². The second-order valence-corrected chi connectivity index (χ2v) is 2.52. The van der Waals surface area contributed by atoms with E-state index in [0.29, 0.717) is 13.0 Å². The lowest BCUT2D eigenvalue weighted by Gasteiger charge is -2.22. The third-order valence-electron chi connectivity index (χ3n) is 1.70. The van der Waals surface area contributed by atoms with E-state index in [0.717, 1.165) is 12.8 Å². The summed E-state index contributed by atoms with van der Waals surface area (Å²) >= 11 is 0. The van der Waals surface area contributed by atoms with Crippen LogP contribution in [0.15, 0.2) is 0 Å². The van der Waals surface area contributed by atoms with E-state index >= 15 is 0 Å².